The van der Waals surface area contributed by atoms with E-state index in [4.69, 9.17) is 4.74 Å². The van der Waals surface area contributed by atoms with E-state index in [1.54, 1.807) is 43.8 Å². The van der Waals surface area contributed by atoms with Gasteiger partial charge in [0.15, 0.2) is 5.78 Å². The first-order valence-electron chi connectivity index (χ1n) is 6.89. The second-order valence-electron chi connectivity index (χ2n) is 5.36. The summed E-state index contributed by atoms with van der Waals surface area (Å²) in [6.07, 6.45) is 4.02. The molecule has 1 aliphatic carbocycles. The van der Waals surface area contributed by atoms with E-state index in [-0.39, 0.29) is 29.8 Å². The van der Waals surface area contributed by atoms with Gasteiger partial charge in [0, 0.05) is 45.4 Å². The minimum atomic E-state index is -0.569. The molecule has 1 heterocycles. The summed E-state index contributed by atoms with van der Waals surface area (Å²) in [5.41, 5.74) is 0.891. The Labute approximate surface area is 123 Å². The van der Waals surface area contributed by atoms with Crippen LogP contribution in [0.15, 0.2) is 18.0 Å². The van der Waals surface area contributed by atoms with E-state index in [9.17, 15) is 9.59 Å². The molecule has 1 aromatic rings. The Hall–Kier alpha value is -2.18. The van der Waals surface area contributed by atoms with E-state index in [1.165, 1.54) is 6.20 Å². The molecule has 1 aliphatic rings. The highest BCUT2D eigenvalue weighted by Gasteiger charge is 2.47. The van der Waals surface area contributed by atoms with Gasteiger partial charge in [-0.1, -0.05) is 5.21 Å². The third-order valence-corrected chi connectivity index (χ3v) is 3.28. The molecule has 114 valence electrons. The topological polar surface area (TPSA) is 77.3 Å². The van der Waals surface area contributed by atoms with E-state index >= 15 is 0 Å². The van der Waals surface area contributed by atoms with Gasteiger partial charge in [0.2, 0.25) is 0 Å². The SMILES string of the molecule is CCOC(=O)/C(=C\N(C)C)C(=O)C1CC1c1cn(C)nn1. The maximum atomic E-state index is 12.5. The van der Waals surface area contributed by atoms with Gasteiger partial charge < -0.3 is 9.64 Å². The first-order valence-corrected chi connectivity index (χ1v) is 6.89. The first-order chi connectivity index (χ1) is 9.93. The van der Waals surface area contributed by atoms with Gasteiger partial charge in [-0.15, -0.1) is 5.10 Å². The highest BCUT2D eigenvalue weighted by atomic mass is 16.5. The van der Waals surface area contributed by atoms with E-state index in [0.717, 1.165) is 5.69 Å². The molecular formula is C14H20N4O3. The van der Waals surface area contributed by atoms with Crippen molar-refractivity contribution in [1.82, 2.24) is 19.9 Å². The maximum absolute atomic E-state index is 12.5. The number of aryl methyl sites for hydroxylation is 1. The summed E-state index contributed by atoms with van der Waals surface area (Å²) in [7, 11) is 5.31. The van der Waals surface area contributed by atoms with Gasteiger partial charge in [-0.2, -0.15) is 0 Å². The number of hydrogen-bond donors (Lipinski definition) is 0. The van der Waals surface area contributed by atoms with Crippen LogP contribution in [-0.2, 0) is 21.4 Å². The van der Waals surface area contributed by atoms with Crippen LogP contribution in [0.2, 0.25) is 0 Å². The maximum Gasteiger partial charge on any atom is 0.343 e. The van der Waals surface area contributed by atoms with Crippen molar-refractivity contribution in [3.8, 4) is 0 Å². The van der Waals surface area contributed by atoms with Gasteiger partial charge in [-0.05, 0) is 13.3 Å². The predicted molar refractivity (Wildman–Crippen MR) is 75.3 cm³/mol. The number of aromatic nitrogens is 3. The van der Waals surface area contributed by atoms with Gasteiger partial charge in [0.25, 0.3) is 0 Å². The summed E-state index contributed by atoms with van der Waals surface area (Å²) in [4.78, 5) is 26.1. The molecule has 1 saturated carbocycles. The number of carbonyl (C=O) groups is 2. The Morgan fingerprint density at radius 1 is 1.52 bits per heavy atom. The number of ether oxygens (including phenoxy) is 1. The van der Waals surface area contributed by atoms with Crippen LogP contribution in [0.3, 0.4) is 0 Å². The van der Waals surface area contributed by atoms with Crippen molar-refractivity contribution in [1.29, 1.82) is 0 Å². The first kappa shape index (κ1) is 15.2. The van der Waals surface area contributed by atoms with Gasteiger partial charge in [-0.3, -0.25) is 9.48 Å². The summed E-state index contributed by atoms with van der Waals surface area (Å²) in [5, 5.41) is 7.90. The van der Waals surface area contributed by atoms with E-state index in [2.05, 4.69) is 10.3 Å². The number of ketones is 1. The summed E-state index contributed by atoms with van der Waals surface area (Å²) in [5.74, 6) is -0.915. The molecule has 0 amide bonds. The average molecular weight is 292 g/mol. The molecule has 21 heavy (non-hydrogen) atoms. The fraction of sp³-hybridized carbons (Fsp3) is 0.571. The summed E-state index contributed by atoms with van der Waals surface area (Å²) in [6.45, 7) is 1.96. The fourth-order valence-electron chi connectivity index (χ4n) is 2.23. The number of carbonyl (C=O) groups excluding carboxylic acids is 2. The molecule has 2 rings (SSSR count). The molecule has 1 aromatic heterocycles. The molecule has 2 unspecified atom stereocenters. The van der Waals surface area contributed by atoms with Crippen molar-refractivity contribution in [2.45, 2.75) is 19.3 Å². The molecule has 0 saturated heterocycles. The largest absolute Gasteiger partial charge is 0.462 e. The molecule has 1 fully saturated rings. The second kappa shape index (κ2) is 6.07. The lowest BCUT2D eigenvalue weighted by Crippen LogP contribution is -2.20. The Balaban J connectivity index is 2.12. The van der Waals surface area contributed by atoms with E-state index in [0.29, 0.717) is 6.42 Å². The Bertz CT molecular complexity index is 577. The number of nitrogens with zero attached hydrogens (tertiary/aromatic N) is 4. The fourth-order valence-corrected chi connectivity index (χ4v) is 2.23. The summed E-state index contributed by atoms with van der Waals surface area (Å²) in [6, 6.07) is 0. The Morgan fingerprint density at radius 3 is 2.76 bits per heavy atom. The standard InChI is InChI=1S/C14H20N4O3/c1-5-21-14(20)11(7-17(2)3)13(19)10-6-9(10)12-8-18(4)16-15-12/h7-10H,5-6H2,1-4H3/b11-7-. The number of hydrogen-bond acceptors (Lipinski definition) is 6. The van der Waals surface area contributed by atoms with E-state index < -0.39 is 5.97 Å². The Kier molecular flexibility index (Phi) is 4.40. The zero-order chi connectivity index (χ0) is 15.6. The minimum Gasteiger partial charge on any atom is -0.462 e. The van der Waals surface area contributed by atoms with Crippen molar-refractivity contribution in [3.63, 3.8) is 0 Å². The zero-order valence-corrected chi connectivity index (χ0v) is 12.7. The molecular weight excluding hydrogens is 272 g/mol. The third-order valence-electron chi connectivity index (χ3n) is 3.28. The predicted octanol–water partition coefficient (Wildman–Crippen LogP) is 0.496. The monoisotopic (exact) mass is 292 g/mol. The lowest BCUT2D eigenvalue weighted by Gasteiger charge is -2.10. The quantitative estimate of drug-likeness (QED) is 0.329. The van der Waals surface area contributed by atoms with Crippen molar-refractivity contribution in [2.24, 2.45) is 13.0 Å². The highest BCUT2D eigenvalue weighted by molar-refractivity contribution is 6.19. The van der Waals surface area contributed by atoms with Gasteiger partial charge >= 0.3 is 5.97 Å². The van der Waals surface area contributed by atoms with Crippen LogP contribution in [0.5, 0.6) is 0 Å². The minimum absolute atomic E-state index is 0.0474. The van der Waals surface area contributed by atoms with Gasteiger partial charge in [0.05, 0.1) is 12.3 Å². The van der Waals surface area contributed by atoms with Crippen molar-refractivity contribution in [3.05, 3.63) is 23.7 Å². The Morgan fingerprint density at radius 2 is 2.24 bits per heavy atom. The van der Waals surface area contributed by atoms with Crippen molar-refractivity contribution >= 4 is 11.8 Å². The molecule has 2 atom stereocenters. The summed E-state index contributed by atoms with van der Waals surface area (Å²) >= 11 is 0. The van der Waals surface area contributed by atoms with Crippen molar-refractivity contribution in [2.75, 3.05) is 20.7 Å². The zero-order valence-electron chi connectivity index (χ0n) is 12.7. The molecule has 0 aliphatic heterocycles. The van der Waals surface area contributed by atoms with Crippen LogP contribution in [0, 0.1) is 5.92 Å². The molecule has 7 nitrogen and oxygen atoms in total. The molecule has 0 spiro atoms. The van der Waals surface area contributed by atoms with Crippen LogP contribution >= 0.6 is 0 Å². The normalized spacial score (nSPS) is 21.0. The third kappa shape index (κ3) is 3.48. The highest BCUT2D eigenvalue weighted by Crippen LogP contribution is 2.48. The lowest BCUT2D eigenvalue weighted by molar-refractivity contribution is -0.140. The van der Waals surface area contributed by atoms with Crippen LogP contribution in [0.25, 0.3) is 0 Å². The van der Waals surface area contributed by atoms with Crippen LogP contribution in [0.1, 0.15) is 25.0 Å². The van der Waals surface area contributed by atoms with Gasteiger partial charge in [-0.25, -0.2) is 4.79 Å². The van der Waals surface area contributed by atoms with Crippen LogP contribution < -0.4 is 0 Å². The lowest BCUT2D eigenvalue weighted by atomic mass is 10.1. The van der Waals surface area contributed by atoms with E-state index in [1.807, 2.05) is 0 Å². The van der Waals surface area contributed by atoms with Gasteiger partial charge in [0.1, 0.15) is 5.57 Å². The molecule has 0 aromatic carbocycles. The molecule has 0 N–H and O–H groups in total. The van der Waals surface area contributed by atoms with Crippen molar-refractivity contribution < 1.29 is 14.3 Å². The summed E-state index contributed by atoms with van der Waals surface area (Å²) < 4.78 is 6.57. The second-order valence-corrected chi connectivity index (χ2v) is 5.36. The molecule has 0 radical (unpaired) electrons. The van der Waals surface area contributed by atoms with Crippen LogP contribution in [-0.4, -0.2) is 52.3 Å². The molecule has 7 heteroatoms. The molecule has 0 bridgehead atoms. The van der Waals surface area contributed by atoms with Crippen LogP contribution in [0.4, 0.5) is 0 Å². The average Bonchev–Trinajstić information content (AvgIpc) is 3.10. The smallest absolute Gasteiger partial charge is 0.343 e. The number of esters is 1. The number of rotatable bonds is 6. The number of Topliss-reactive ketones (excluding diaryl/α,β-unsaturated/α-hetero) is 1.